The molecule has 0 radical (unpaired) electrons. The highest BCUT2D eigenvalue weighted by Gasteiger charge is 2.23. The molecule has 0 unspecified atom stereocenters. The summed E-state index contributed by atoms with van der Waals surface area (Å²) in [4.78, 5) is 22.2. The van der Waals surface area contributed by atoms with Crippen molar-refractivity contribution >= 4 is 22.2 Å². The molecule has 0 saturated heterocycles. The second kappa shape index (κ2) is 6.34. The van der Waals surface area contributed by atoms with Crippen molar-refractivity contribution in [1.29, 1.82) is 0 Å². The van der Waals surface area contributed by atoms with Gasteiger partial charge in [0.1, 0.15) is 5.52 Å². The highest BCUT2D eigenvalue weighted by molar-refractivity contribution is 6.03. The smallest absolute Gasteiger partial charge is 0.297 e. The summed E-state index contributed by atoms with van der Waals surface area (Å²) in [5, 5.41) is 0.942. The molecule has 1 aliphatic carbocycles. The predicted molar refractivity (Wildman–Crippen MR) is 105 cm³/mol. The molecule has 3 heterocycles. The lowest BCUT2D eigenvalue weighted by molar-refractivity contribution is 0.610. The maximum atomic E-state index is 13.0. The zero-order chi connectivity index (χ0) is 18.4. The molecule has 4 aromatic rings. The Balaban J connectivity index is 1.62. The third-order valence-corrected chi connectivity index (χ3v) is 5.61. The second-order valence-corrected chi connectivity index (χ2v) is 7.30. The molecule has 136 valence electrons. The van der Waals surface area contributed by atoms with Gasteiger partial charge in [-0.05, 0) is 55.7 Å². The van der Waals surface area contributed by atoms with Crippen molar-refractivity contribution in [2.45, 2.75) is 45.6 Å². The molecular formula is C22H21N3O2. The summed E-state index contributed by atoms with van der Waals surface area (Å²) in [6, 6.07) is 10.1. The Morgan fingerprint density at radius 1 is 1.11 bits per heavy atom. The number of nitrogens with zero attached hydrogens (tertiary/aromatic N) is 3. The van der Waals surface area contributed by atoms with Crippen LogP contribution < -0.4 is 5.56 Å². The van der Waals surface area contributed by atoms with Crippen molar-refractivity contribution in [3.05, 3.63) is 69.4 Å². The van der Waals surface area contributed by atoms with Gasteiger partial charge in [0.15, 0.2) is 0 Å². The van der Waals surface area contributed by atoms with Crippen molar-refractivity contribution in [2.75, 3.05) is 0 Å². The first-order valence-corrected chi connectivity index (χ1v) is 9.56. The molecule has 5 heteroatoms. The monoisotopic (exact) mass is 359 g/mol. The van der Waals surface area contributed by atoms with Crippen LogP contribution in [0.2, 0.25) is 0 Å². The maximum absolute atomic E-state index is 13.0. The SMILES string of the molecule is Cc1nc2oc3c(=O)n(CCc4ccccc4)cnc3c2c2c1CCCC2. The minimum atomic E-state index is -0.129. The van der Waals surface area contributed by atoms with E-state index < -0.39 is 0 Å². The first kappa shape index (κ1) is 16.2. The lowest BCUT2D eigenvalue weighted by Gasteiger charge is -2.17. The van der Waals surface area contributed by atoms with Gasteiger partial charge >= 0.3 is 0 Å². The van der Waals surface area contributed by atoms with Gasteiger partial charge in [-0.3, -0.25) is 9.36 Å². The Labute approximate surface area is 156 Å². The number of benzene rings is 1. The third-order valence-electron chi connectivity index (χ3n) is 5.61. The van der Waals surface area contributed by atoms with Gasteiger partial charge in [-0.15, -0.1) is 0 Å². The average molecular weight is 359 g/mol. The van der Waals surface area contributed by atoms with Crippen molar-refractivity contribution < 1.29 is 4.42 Å². The summed E-state index contributed by atoms with van der Waals surface area (Å²) < 4.78 is 7.55. The molecule has 0 aliphatic heterocycles. The van der Waals surface area contributed by atoms with Gasteiger partial charge in [0.25, 0.3) is 5.56 Å². The van der Waals surface area contributed by atoms with E-state index in [9.17, 15) is 4.79 Å². The normalized spacial score (nSPS) is 14.0. The van der Waals surface area contributed by atoms with Crippen molar-refractivity contribution in [1.82, 2.24) is 14.5 Å². The molecule has 5 rings (SSSR count). The Morgan fingerprint density at radius 2 is 1.89 bits per heavy atom. The molecule has 0 fully saturated rings. The molecule has 0 N–H and O–H groups in total. The Hall–Kier alpha value is -2.95. The van der Waals surface area contributed by atoms with Crippen LogP contribution in [0.4, 0.5) is 0 Å². The standard InChI is InChI=1S/C22H21N3O2/c1-14-16-9-5-6-10-17(16)18-19-20(27-21(18)24-14)22(26)25(13-23-19)12-11-15-7-3-2-4-8-15/h2-4,7-8,13H,5-6,9-12H2,1H3. The van der Waals surface area contributed by atoms with E-state index >= 15 is 0 Å². The summed E-state index contributed by atoms with van der Waals surface area (Å²) in [5.41, 5.74) is 6.21. The van der Waals surface area contributed by atoms with E-state index in [1.165, 1.54) is 23.1 Å². The van der Waals surface area contributed by atoms with Gasteiger partial charge in [-0.1, -0.05) is 30.3 Å². The van der Waals surface area contributed by atoms with Crippen LogP contribution in [0.1, 0.15) is 35.2 Å². The van der Waals surface area contributed by atoms with Crippen LogP contribution >= 0.6 is 0 Å². The van der Waals surface area contributed by atoms with Crippen LogP contribution in [0.25, 0.3) is 22.2 Å². The summed E-state index contributed by atoms with van der Waals surface area (Å²) in [7, 11) is 0. The van der Waals surface area contributed by atoms with Gasteiger partial charge in [0, 0.05) is 12.2 Å². The number of fused-ring (bicyclic) bond motifs is 5. The summed E-state index contributed by atoms with van der Waals surface area (Å²) >= 11 is 0. The fraction of sp³-hybridized carbons (Fsp3) is 0.318. The molecule has 0 bridgehead atoms. The molecule has 1 aromatic carbocycles. The van der Waals surface area contributed by atoms with E-state index in [0.29, 0.717) is 23.4 Å². The van der Waals surface area contributed by atoms with Crippen LogP contribution in [-0.4, -0.2) is 14.5 Å². The van der Waals surface area contributed by atoms with E-state index in [0.717, 1.165) is 36.8 Å². The molecule has 0 atom stereocenters. The van der Waals surface area contributed by atoms with Crippen LogP contribution in [0.5, 0.6) is 0 Å². The lowest BCUT2D eigenvalue weighted by atomic mass is 9.89. The minimum Gasteiger partial charge on any atom is -0.430 e. The average Bonchev–Trinajstić information content (AvgIpc) is 3.08. The molecule has 5 nitrogen and oxygen atoms in total. The fourth-order valence-electron chi connectivity index (χ4n) is 4.19. The first-order chi connectivity index (χ1) is 13.2. The second-order valence-electron chi connectivity index (χ2n) is 7.30. The summed E-state index contributed by atoms with van der Waals surface area (Å²) in [5.74, 6) is 0. The maximum Gasteiger partial charge on any atom is 0.297 e. The number of pyridine rings is 1. The molecule has 27 heavy (non-hydrogen) atoms. The highest BCUT2D eigenvalue weighted by atomic mass is 16.3. The first-order valence-electron chi connectivity index (χ1n) is 9.56. The lowest BCUT2D eigenvalue weighted by Crippen LogP contribution is -2.21. The minimum absolute atomic E-state index is 0.129. The van der Waals surface area contributed by atoms with Crippen LogP contribution in [-0.2, 0) is 25.8 Å². The van der Waals surface area contributed by atoms with E-state index in [2.05, 4.69) is 22.1 Å². The number of hydrogen-bond donors (Lipinski definition) is 0. The topological polar surface area (TPSA) is 60.9 Å². The Morgan fingerprint density at radius 3 is 2.70 bits per heavy atom. The Bertz CT molecular complexity index is 1210. The van der Waals surface area contributed by atoms with E-state index in [1.807, 2.05) is 25.1 Å². The number of rotatable bonds is 3. The zero-order valence-corrected chi connectivity index (χ0v) is 15.4. The number of hydrogen-bond acceptors (Lipinski definition) is 4. The predicted octanol–water partition coefficient (Wildman–Crippen LogP) is 3.97. The molecule has 0 amide bonds. The summed E-state index contributed by atoms with van der Waals surface area (Å²) in [6.45, 7) is 2.61. The van der Waals surface area contributed by atoms with E-state index in [-0.39, 0.29) is 5.56 Å². The highest BCUT2D eigenvalue weighted by Crippen LogP contribution is 2.34. The molecule has 0 spiro atoms. The largest absolute Gasteiger partial charge is 0.430 e. The van der Waals surface area contributed by atoms with Gasteiger partial charge in [0.2, 0.25) is 11.3 Å². The number of aryl methyl sites for hydroxylation is 4. The summed E-state index contributed by atoms with van der Waals surface area (Å²) in [6.07, 6.45) is 6.83. The fourth-order valence-corrected chi connectivity index (χ4v) is 4.19. The van der Waals surface area contributed by atoms with E-state index in [4.69, 9.17) is 4.42 Å². The molecule has 0 saturated carbocycles. The van der Waals surface area contributed by atoms with Crippen LogP contribution in [0.3, 0.4) is 0 Å². The van der Waals surface area contributed by atoms with Gasteiger partial charge in [-0.2, -0.15) is 0 Å². The van der Waals surface area contributed by atoms with Crippen LogP contribution in [0.15, 0.2) is 45.9 Å². The van der Waals surface area contributed by atoms with Gasteiger partial charge < -0.3 is 4.42 Å². The number of furan rings is 1. The van der Waals surface area contributed by atoms with Gasteiger partial charge in [0.05, 0.1) is 11.7 Å². The van der Waals surface area contributed by atoms with Crippen LogP contribution in [0, 0.1) is 6.92 Å². The van der Waals surface area contributed by atoms with E-state index in [1.54, 1.807) is 10.9 Å². The third kappa shape index (κ3) is 2.65. The molecule has 3 aromatic heterocycles. The van der Waals surface area contributed by atoms with Crippen molar-refractivity contribution in [3.8, 4) is 0 Å². The van der Waals surface area contributed by atoms with Crippen molar-refractivity contribution in [2.24, 2.45) is 0 Å². The Kier molecular flexibility index (Phi) is 3.81. The zero-order valence-electron chi connectivity index (χ0n) is 15.4. The van der Waals surface area contributed by atoms with Crippen molar-refractivity contribution in [3.63, 3.8) is 0 Å². The number of aromatic nitrogens is 3. The van der Waals surface area contributed by atoms with Gasteiger partial charge in [-0.25, -0.2) is 9.97 Å². The quantitative estimate of drug-likeness (QED) is 0.555. The molecular weight excluding hydrogens is 338 g/mol. The molecule has 1 aliphatic rings.